The van der Waals surface area contributed by atoms with E-state index in [2.05, 4.69) is 4.74 Å². The highest BCUT2D eigenvalue weighted by Gasteiger charge is 2.38. The molecule has 0 saturated heterocycles. The Morgan fingerprint density at radius 2 is 1.94 bits per heavy atom. The van der Waals surface area contributed by atoms with Gasteiger partial charge in [-0.2, -0.15) is 13.2 Å². The van der Waals surface area contributed by atoms with Crippen LogP contribution in [0.5, 0.6) is 0 Å². The lowest BCUT2D eigenvalue weighted by Crippen LogP contribution is -2.17. The summed E-state index contributed by atoms with van der Waals surface area (Å²) in [5, 5.41) is 0. The van der Waals surface area contributed by atoms with Gasteiger partial charge in [-0.15, -0.1) is 0 Å². The van der Waals surface area contributed by atoms with Gasteiger partial charge in [-0.1, -0.05) is 0 Å². The number of esters is 1. The molecule has 2 N–H and O–H groups in total. The quantitative estimate of drug-likeness (QED) is 0.463. The maximum absolute atomic E-state index is 12.8. The molecule has 0 bridgehead atoms. The van der Waals surface area contributed by atoms with Crippen LogP contribution in [0.15, 0.2) is 12.1 Å². The molecule has 0 unspecified atom stereocenters. The summed E-state index contributed by atoms with van der Waals surface area (Å²) >= 11 is 0. The molecule has 88 valence electrons. The summed E-state index contributed by atoms with van der Waals surface area (Å²) in [7, 11) is 0.892. The van der Waals surface area contributed by atoms with Gasteiger partial charge in [0.25, 0.3) is 0 Å². The summed E-state index contributed by atoms with van der Waals surface area (Å²) in [6.45, 7) is 0. The number of anilines is 1. The predicted molar refractivity (Wildman–Crippen MR) is 47.2 cm³/mol. The molecule has 0 spiro atoms. The zero-order valence-corrected chi connectivity index (χ0v) is 8.06. The van der Waals surface area contributed by atoms with Gasteiger partial charge in [0.05, 0.1) is 18.2 Å². The molecular formula is C9H7F4NO2. The second-order valence-electron chi connectivity index (χ2n) is 2.91. The normalized spacial score (nSPS) is 11.3. The lowest BCUT2D eigenvalue weighted by atomic mass is 10.0. The number of nitrogens with two attached hydrogens (primary N) is 1. The van der Waals surface area contributed by atoms with E-state index in [-0.39, 0.29) is 0 Å². The van der Waals surface area contributed by atoms with E-state index in [1.165, 1.54) is 0 Å². The fourth-order valence-corrected chi connectivity index (χ4v) is 1.22. The summed E-state index contributed by atoms with van der Waals surface area (Å²) < 4.78 is 54.5. The van der Waals surface area contributed by atoms with Crippen molar-refractivity contribution in [1.82, 2.24) is 0 Å². The number of hydrogen-bond donors (Lipinski definition) is 1. The molecule has 0 aliphatic heterocycles. The Bertz CT molecular complexity index is 428. The third-order valence-corrected chi connectivity index (χ3v) is 1.82. The number of halogens is 4. The maximum atomic E-state index is 12.8. The summed E-state index contributed by atoms with van der Waals surface area (Å²) in [5.41, 5.74) is 1.85. The minimum absolute atomic E-state index is 0.436. The Morgan fingerprint density at radius 3 is 2.38 bits per heavy atom. The lowest BCUT2D eigenvalue weighted by Gasteiger charge is -2.13. The van der Waals surface area contributed by atoms with Gasteiger partial charge in [-0.25, -0.2) is 9.18 Å². The van der Waals surface area contributed by atoms with Crippen LogP contribution >= 0.6 is 0 Å². The van der Waals surface area contributed by atoms with Crippen molar-refractivity contribution in [3.8, 4) is 0 Å². The van der Waals surface area contributed by atoms with E-state index in [1.54, 1.807) is 0 Å². The van der Waals surface area contributed by atoms with Crippen molar-refractivity contribution in [3.05, 3.63) is 29.1 Å². The van der Waals surface area contributed by atoms with Crippen molar-refractivity contribution in [2.45, 2.75) is 6.18 Å². The van der Waals surface area contributed by atoms with E-state index in [0.717, 1.165) is 7.11 Å². The second kappa shape index (κ2) is 3.99. The average Bonchev–Trinajstić information content (AvgIpc) is 2.12. The first kappa shape index (κ1) is 12.3. The van der Waals surface area contributed by atoms with Crippen LogP contribution < -0.4 is 5.73 Å². The molecule has 16 heavy (non-hydrogen) atoms. The van der Waals surface area contributed by atoms with Crippen LogP contribution in [0.4, 0.5) is 23.2 Å². The minimum atomic E-state index is -4.85. The smallest absolute Gasteiger partial charge is 0.419 e. The van der Waals surface area contributed by atoms with Gasteiger partial charge in [0.1, 0.15) is 5.82 Å². The average molecular weight is 237 g/mol. The SMILES string of the molecule is COC(=O)c1cc(F)cc(N)c1C(F)(F)F. The molecule has 0 aliphatic carbocycles. The van der Waals surface area contributed by atoms with Crippen molar-refractivity contribution < 1.29 is 27.1 Å². The number of ether oxygens (including phenoxy) is 1. The van der Waals surface area contributed by atoms with Crippen molar-refractivity contribution in [2.75, 3.05) is 12.8 Å². The molecule has 0 amide bonds. The molecule has 7 heteroatoms. The molecule has 0 saturated carbocycles. The highest BCUT2D eigenvalue weighted by atomic mass is 19.4. The summed E-state index contributed by atoms with van der Waals surface area (Å²) in [6.07, 6.45) is -4.85. The Morgan fingerprint density at radius 1 is 1.38 bits per heavy atom. The molecule has 0 aromatic heterocycles. The summed E-state index contributed by atoms with van der Waals surface area (Å²) in [6, 6.07) is 0.931. The largest absolute Gasteiger partial charge is 0.465 e. The van der Waals surface area contributed by atoms with Crippen LogP contribution in [-0.4, -0.2) is 13.1 Å². The number of nitrogen functional groups attached to an aromatic ring is 1. The molecule has 1 aromatic rings. The predicted octanol–water partition coefficient (Wildman–Crippen LogP) is 2.21. The van der Waals surface area contributed by atoms with E-state index < -0.39 is 34.8 Å². The first-order valence-electron chi connectivity index (χ1n) is 4.02. The van der Waals surface area contributed by atoms with E-state index in [0.29, 0.717) is 12.1 Å². The van der Waals surface area contributed by atoms with Crippen LogP contribution in [-0.2, 0) is 10.9 Å². The highest BCUT2D eigenvalue weighted by Crippen LogP contribution is 2.36. The molecule has 3 nitrogen and oxygen atoms in total. The summed E-state index contributed by atoms with van der Waals surface area (Å²) in [4.78, 5) is 11.0. The molecule has 0 atom stereocenters. The van der Waals surface area contributed by atoms with Crippen molar-refractivity contribution in [2.24, 2.45) is 0 Å². The monoisotopic (exact) mass is 237 g/mol. The standard InChI is InChI=1S/C9H7F4NO2/c1-16-8(15)5-2-4(10)3-6(14)7(5)9(11,12)13/h2-3H,14H2,1H3. The molecule has 1 aromatic carbocycles. The highest BCUT2D eigenvalue weighted by molar-refractivity contribution is 5.93. The van der Waals surface area contributed by atoms with Crippen molar-refractivity contribution >= 4 is 11.7 Å². The van der Waals surface area contributed by atoms with Crippen LogP contribution in [0.25, 0.3) is 0 Å². The van der Waals surface area contributed by atoms with Crippen LogP contribution in [0, 0.1) is 5.82 Å². The zero-order valence-electron chi connectivity index (χ0n) is 8.06. The Hall–Kier alpha value is -1.79. The zero-order chi connectivity index (χ0) is 12.5. The third-order valence-electron chi connectivity index (χ3n) is 1.82. The topological polar surface area (TPSA) is 52.3 Å². The van der Waals surface area contributed by atoms with E-state index in [4.69, 9.17) is 5.73 Å². The van der Waals surface area contributed by atoms with Crippen LogP contribution in [0.3, 0.4) is 0 Å². The molecule has 0 heterocycles. The number of carbonyl (C=O) groups excluding carboxylic acids is 1. The molecule has 0 aliphatic rings. The van der Waals surface area contributed by atoms with Crippen LogP contribution in [0.1, 0.15) is 15.9 Å². The number of carbonyl (C=O) groups is 1. The Labute approximate surface area is 87.8 Å². The Kier molecular flexibility index (Phi) is 3.06. The van der Waals surface area contributed by atoms with Gasteiger partial charge in [0.2, 0.25) is 0 Å². The van der Waals surface area contributed by atoms with Gasteiger partial charge < -0.3 is 10.5 Å². The second-order valence-corrected chi connectivity index (χ2v) is 2.91. The minimum Gasteiger partial charge on any atom is -0.465 e. The molecule has 1 rings (SSSR count). The summed E-state index contributed by atoms with van der Waals surface area (Å²) in [5.74, 6) is -2.33. The third kappa shape index (κ3) is 2.23. The van der Waals surface area contributed by atoms with Gasteiger partial charge in [-0.05, 0) is 12.1 Å². The number of methoxy groups -OCH3 is 1. The maximum Gasteiger partial charge on any atom is 0.419 e. The first-order chi connectivity index (χ1) is 7.27. The fraction of sp³-hybridized carbons (Fsp3) is 0.222. The van der Waals surface area contributed by atoms with Crippen molar-refractivity contribution in [1.29, 1.82) is 0 Å². The van der Waals surface area contributed by atoms with Gasteiger partial charge >= 0.3 is 12.1 Å². The van der Waals surface area contributed by atoms with Crippen molar-refractivity contribution in [3.63, 3.8) is 0 Å². The lowest BCUT2D eigenvalue weighted by molar-refractivity contribution is -0.137. The van der Waals surface area contributed by atoms with Crippen LogP contribution in [0.2, 0.25) is 0 Å². The number of hydrogen-bond acceptors (Lipinski definition) is 3. The fourth-order valence-electron chi connectivity index (χ4n) is 1.22. The Balaban J connectivity index is 3.51. The van der Waals surface area contributed by atoms with E-state index in [9.17, 15) is 22.4 Å². The first-order valence-corrected chi connectivity index (χ1v) is 4.02. The van der Waals surface area contributed by atoms with E-state index >= 15 is 0 Å². The molecular weight excluding hydrogens is 230 g/mol. The molecule has 0 fully saturated rings. The van der Waals surface area contributed by atoms with Gasteiger partial charge in [0.15, 0.2) is 0 Å². The number of rotatable bonds is 1. The van der Waals surface area contributed by atoms with Gasteiger partial charge in [-0.3, -0.25) is 0 Å². The molecule has 0 radical (unpaired) electrons. The van der Waals surface area contributed by atoms with Gasteiger partial charge in [0, 0.05) is 5.69 Å². The number of alkyl halides is 3. The number of benzene rings is 1. The van der Waals surface area contributed by atoms with E-state index in [1.807, 2.05) is 0 Å².